The lowest BCUT2D eigenvalue weighted by molar-refractivity contribution is -0.126. The molecule has 2 aromatic rings. The molecular weight excluding hydrogens is 234 g/mol. The molecule has 1 aliphatic rings. The molecule has 0 radical (unpaired) electrons. The summed E-state index contributed by atoms with van der Waals surface area (Å²) in [5, 5.41) is 0. The Morgan fingerprint density at radius 2 is 1.53 bits per heavy atom. The zero-order valence-electron chi connectivity index (χ0n) is 10.6. The molecule has 0 aliphatic carbocycles. The molecule has 1 heterocycles. The van der Waals surface area contributed by atoms with Crippen LogP contribution in [0.15, 0.2) is 72.8 Å². The van der Waals surface area contributed by atoms with Crippen molar-refractivity contribution in [3.05, 3.63) is 83.9 Å². The van der Waals surface area contributed by atoms with Gasteiger partial charge in [0.05, 0.1) is 6.04 Å². The van der Waals surface area contributed by atoms with Crippen molar-refractivity contribution >= 4 is 5.91 Å². The van der Waals surface area contributed by atoms with Gasteiger partial charge < -0.3 is 4.90 Å². The van der Waals surface area contributed by atoms with Gasteiger partial charge >= 0.3 is 0 Å². The van der Waals surface area contributed by atoms with Crippen LogP contribution in [0.25, 0.3) is 0 Å². The minimum Gasteiger partial charge on any atom is -0.324 e. The van der Waals surface area contributed by atoms with Crippen LogP contribution in [-0.4, -0.2) is 10.8 Å². The summed E-state index contributed by atoms with van der Waals surface area (Å²) in [4.78, 5) is 13.9. The average Bonchev–Trinajstić information content (AvgIpc) is 2.82. The molecule has 0 saturated heterocycles. The second kappa shape index (κ2) is 5.11. The number of amides is 1. The number of benzene rings is 2. The predicted molar refractivity (Wildman–Crippen MR) is 75.3 cm³/mol. The maximum atomic E-state index is 12.0. The molecule has 0 saturated carbocycles. The van der Waals surface area contributed by atoms with Crippen LogP contribution >= 0.6 is 0 Å². The number of rotatable bonds is 3. The van der Waals surface area contributed by atoms with Crippen molar-refractivity contribution in [2.75, 3.05) is 0 Å². The highest BCUT2D eigenvalue weighted by molar-refractivity contribution is 5.90. The van der Waals surface area contributed by atoms with Gasteiger partial charge in [-0.3, -0.25) is 4.79 Å². The van der Waals surface area contributed by atoms with Gasteiger partial charge in [0.15, 0.2) is 0 Å². The summed E-state index contributed by atoms with van der Waals surface area (Å²) in [5.74, 6) is 0.0812. The van der Waals surface area contributed by atoms with Gasteiger partial charge in [0.25, 0.3) is 0 Å². The maximum Gasteiger partial charge on any atom is 0.247 e. The van der Waals surface area contributed by atoms with Gasteiger partial charge in [-0.15, -0.1) is 0 Å². The molecule has 0 bridgehead atoms. The molecule has 0 aromatic heterocycles. The Balaban J connectivity index is 1.85. The summed E-state index contributed by atoms with van der Waals surface area (Å²) in [5.41, 5.74) is 2.31. The molecule has 1 atom stereocenters. The number of carbonyl (C=O) groups is 1. The lowest BCUT2D eigenvalue weighted by Gasteiger charge is -2.25. The third-order valence-corrected chi connectivity index (χ3v) is 3.38. The zero-order valence-corrected chi connectivity index (χ0v) is 10.6. The van der Waals surface area contributed by atoms with Crippen molar-refractivity contribution in [3.8, 4) is 0 Å². The summed E-state index contributed by atoms with van der Waals surface area (Å²) in [6.07, 6.45) is 3.64. The summed E-state index contributed by atoms with van der Waals surface area (Å²) in [6.45, 7) is 0.645. The second-order valence-electron chi connectivity index (χ2n) is 4.67. The molecule has 0 N–H and O–H groups in total. The monoisotopic (exact) mass is 249 g/mol. The van der Waals surface area contributed by atoms with E-state index < -0.39 is 0 Å². The highest BCUT2D eigenvalue weighted by Crippen LogP contribution is 2.28. The largest absolute Gasteiger partial charge is 0.324 e. The molecule has 2 aromatic carbocycles. The number of hydrogen-bond acceptors (Lipinski definition) is 1. The number of nitrogens with zero attached hydrogens (tertiary/aromatic N) is 1. The maximum absolute atomic E-state index is 12.0. The van der Waals surface area contributed by atoms with E-state index in [1.165, 1.54) is 0 Å². The predicted octanol–water partition coefficient (Wildman–Crippen LogP) is 3.33. The van der Waals surface area contributed by atoms with E-state index in [-0.39, 0.29) is 11.9 Å². The van der Waals surface area contributed by atoms with Crippen LogP contribution in [0.5, 0.6) is 0 Å². The van der Waals surface area contributed by atoms with Crippen LogP contribution in [0.2, 0.25) is 0 Å². The van der Waals surface area contributed by atoms with Gasteiger partial charge in [0.2, 0.25) is 5.91 Å². The summed E-state index contributed by atoms with van der Waals surface area (Å²) >= 11 is 0. The fraction of sp³-hybridized carbons (Fsp3) is 0.118. The van der Waals surface area contributed by atoms with Crippen molar-refractivity contribution in [2.45, 2.75) is 12.6 Å². The quantitative estimate of drug-likeness (QED) is 0.817. The summed E-state index contributed by atoms with van der Waals surface area (Å²) in [6, 6.07) is 20.3. The van der Waals surface area contributed by atoms with Gasteiger partial charge in [0, 0.05) is 12.6 Å². The molecule has 0 spiro atoms. The van der Waals surface area contributed by atoms with Crippen LogP contribution < -0.4 is 0 Å². The molecule has 2 heteroatoms. The highest BCUT2D eigenvalue weighted by atomic mass is 16.2. The average molecular weight is 249 g/mol. The van der Waals surface area contributed by atoms with Crippen LogP contribution in [0.4, 0.5) is 0 Å². The van der Waals surface area contributed by atoms with Crippen molar-refractivity contribution in [3.63, 3.8) is 0 Å². The topological polar surface area (TPSA) is 20.3 Å². The van der Waals surface area contributed by atoms with Gasteiger partial charge in [-0.25, -0.2) is 0 Å². The van der Waals surface area contributed by atoms with Gasteiger partial charge in [-0.2, -0.15) is 0 Å². The van der Waals surface area contributed by atoms with E-state index in [1.54, 1.807) is 6.08 Å². The number of carbonyl (C=O) groups excluding carboxylic acids is 1. The van der Waals surface area contributed by atoms with Crippen molar-refractivity contribution in [1.29, 1.82) is 0 Å². The molecule has 1 amide bonds. The lowest BCUT2D eigenvalue weighted by atomic mass is 10.1. The van der Waals surface area contributed by atoms with Crippen LogP contribution in [0, 0.1) is 0 Å². The summed E-state index contributed by atoms with van der Waals surface area (Å²) in [7, 11) is 0. The Hall–Kier alpha value is -2.35. The Labute approximate surface area is 113 Å². The van der Waals surface area contributed by atoms with Crippen molar-refractivity contribution in [1.82, 2.24) is 4.90 Å². The van der Waals surface area contributed by atoms with E-state index >= 15 is 0 Å². The van der Waals surface area contributed by atoms with Gasteiger partial charge in [-0.05, 0) is 11.1 Å². The molecule has 94 valence electrons. The third-order valence-electron chi connectivity index (χ3n) is 3.38. The van der Waals surface area contributed by atoms with Crippen LogP contribution in [0.3, 0.4) is 0 Å². The molecule has 2 nitrogen and oxygen atoms in total. The highest BCUT2D eigenvalue weighted by Gasteiger charge is 2.26. The molecule has 1 aliphatic heterocycles. The number of hydrogen-bond donors (Lipinski definition) is 0. The van der Waals surface area contributed by atoms with E-state index in [2.05, 4.69) is 12.1 Å². The van der Waals surface area contributed by atoms with Crippen LogP contribution in [0.1, 0.15) is 17.2 Å². The minimum absolute atomic E-state index is 0.0499. The summed E-state index contributed by atoms with van der Waals surface area (Å²) < 4.78 is 0. The molecule has 0 fully saturated rings. The van der Waals surface area contributed by atoms with E-state index in [4.69, 9.17) is 0 Å². The Morgan fingerprint density at radius 1 is 0.895 bits per heavy atom. The normalized spacial score (nSPS) is 18.0. The fourth-order valence-corrected chi connectivity index (χ4v) is 2.41. The first-order valence-corrected chi connectivity index (χ1v) is 6.42. The van der Waals surface area contributed by atoms with Gasteiger partial charge in [0.1, 0.15) is 0 Å². The Morgan fingerprint density at radius 3 is 2.21 bits per heavy atom. The molecule has 19 heavy (non-hydrogen) atoms. The smallest absolute Gasteiger partial charge is 0.247 e. The fourth-order valence-electron chi connectivity index (χ4n) is 2.41. The Kier molecular flexibility index (Phi) is 3.15. The van der Waals surface area contributed by atoms with E-state index in [0.29, 0.717) is 6.54 Å². The van der Waals surface area contributed by atoms with Crippen molar-refractivity contribution in [2.24, 2.45) is 0 Å². The van der Waals surface area contributed by atoms with Crippen molar-refractivity contribution < 1.29 is 4.79 Å². The SMILES string of the molecule is O=C1C=CC(c2ccccc2)N1Cc1ccccc1. The van der Waals surface area contributed by atoms with E-state index in [0.717, 1.165) is 11.1 Å². The first kappa shape index (κ1) is 11.7. The lowest BCUT2D eigenvalue weighted by Crippen LogP contribution is -2.27. The zero-order chi connectivity index (χ0) is 13.1. The third kappa shape index (κ3) is 2.43. The van der Waals surface area contributed by atoms with E-state index in [9.17, 15) is 4.79 Å². The molecule has 3 rings (SSSR count). The molecular formula is C17H15NO. The van der Waals surface area contributed by atoms with E-state index in [1.807, 2.05) is 59.5 Å². The first-order valence-electron chi connectivity index (χ1n) is 6.42. The second-order valence-corrected chi connectivity index (χ2v) is 4.67. The standard InChI is InChI=1S/C17H15NO/c19-17-12-11-16(15-9-5-2-6-10-15)18(17)13-14-7-3-1-4-8-14/h1-12,16H,13H2. The first-order chi connectivity index (χ1) is 9.34. The minimum atomic E-state index is 0.0499. The van der Waals surface area contributed by atoms with Gasteiger partial charge in [-0.1, -0.05) is 66.7 Å². The van der Waals surface area contributed by atoms with Crippen LogP contribution in [-0.2, 0) is 11.3 Å². The molecule has 1 unspecified atom stereocenters. The Bertz CT molecular complexity index is 589.